The molecule has 1 aliphatic heterocycles. The molecule has 7 atom stereocenters. The number of aliphatic hydroxyl groups is 1. The second-order valence-electron chi connectivity index (χ2n) is 7.74. The van der Waals surface area contributed by atoms with Crippen molar-refractivity contribution in [1.82, 2.24) is 0 Å². The monoisotopic (exact) mass is 338 g/mol. The molecule has 1 N–H and O–H groups in total. The topological polar surface area (TPSA) is 63.6 Å². The summed E-state index contributed by atoms with van der Waals surface area (Å²) >= 11 is 0. The molecular weight excluding hydrogens is 304 g/mol. The Labute approximate surface area is 146 Å². The van der Waals surface area contributed by atoms with Crippen molar-refractivity contribution in [3.05, 3.63) is 11.6 Å². The van der Waals surface area contributed by atoms with Crippen LogP contribution in [0.4, 0.5) is 0 Å². The summed E-state index contributed by atoms with van der Waals surface area (Å²) in [5, 5.41) is 10.3. The van der Waals surface area contributed by atoms with Gasteiger partial charge in [0.1, 0.15) is 11.9 Å². The molecule has 1 saturated heterocycles. The average molecular weight is 338 g/mol. The fourth-order valence-corrected chi connectivity index (χ4v) is 3.53. The molecule has 0 aromatic heterocycles. The van der Waals surface area contributed by atoms with E-state index in [0.717, 1.165) is 18.4 Å². The highest BCUT2D eigenvalue weighted by Crippen LogP contribution is 2.32. The minimum absolute atomic E-state index is 0.0157. The molecule has 0 bridgehead atoms. The van der Waals surface area contributed by atoms with Crippen LogP contribution in [0.1, 0.15) is 61.3 Å². The van der Waals surface area contributed by atoms with E-state index in [1.165, 1.54) is 0 Å². The lowest BCUT2D eigenvalue weighted by Gasteiger charge is -2.37. The fraction of sp³-hybridized carbons (Fsp3) is 0.800. The van der Waals surface area contributed by atoms with E-state index in [2.05, 4.69) is 6.92 Å². The van der Waals surface area contributed by atoms with Crippen LogP contribution in [0.5, 0.6) is 0 Å². The highest BCUT2D eigenvalue weighted by Gasteiger charge is 2.41. The Hall–Kier alpha value is -1.16. The molecule has 0 unspecified atom stereocenters. The molecule has 0 amide bonds. The van der Waals surface area contributed by atoms with E-state index in [-0.39, 0.29) is 47.4 Å². The third-order valence-electron chi connectivity index (χ3n) is 5.49. The lowest BCUT2D eigenvalue weighted by Crippen LogP contribution is -2.47. The average Bonchev–Trinajstić information content (AvgIpc) is 2.55. The summed E-state index contributed by atoms with van der Waals surface area (Å²) in [6.45, 7) is 13.7. The normalized spacial score (nSPS) is 27.5. The van der Waals surface area contributed by atoms with Gasteiger partial charge in [0.25, 0.3) is 0 Å². The molecule has 0 aromatic carbocycles. The third kappa shape index (κ3) is 4.92. The molecule has 1 aliphatic rings. The highest BCUT2D eigenvalue weighted by molar-refractivity contribution is 5.85. The summed E-state index contributed by atoms with van der Waals surface area (Å²) in [5.41, 5.74) is 1.13. The van der Waals surface area contributed by atoms with Gasteiger partial charge in [-0.2, -0.15) is 0 Å². The number of esters is 1. The van der Waals surface area contributed by atoms with Crippen LogP contribution in [0.25, 0.3) is 0 Å². The van der Waals surface area contributed by atoms with Gasteiger partial charge in [-0.05, 0) is 32.1 Å². The summed E-state index contributed by atoms with van der Waals surface area (Å²) in [4.78, 5) is 23.8. The zero-order valence-corrected chi connectivity index (χ0v) is 16.2. The van der Waals surface area contributed by atoms with Crippen molar-refractivity contribution < 1.29 is 19.4 Å². The second-order valence-corrected chi connectivity index (χ2v) is 7.74. The molecule has 24 heavy (non-hydrogen) atoms. The van der Waals surface area contributed by atoms with Gasteiger partial charge in [0.05, 0.1) is 12.0 Å². The first-order valence-corrected chi connectivity index (χ1v) is 9.19. The van der Waals surface area contributed by atoms with Gasteiger partial charge in [-0.3, -0.25) is 9.59 Å². The largest absolute Gasteiger partial charge is 0.461 e. The van der Waals surface area contributed by atoms with Gasteiger partial charge in [-0.1, -0.05) is 52.7 Å². The number of hydrogen-bond donors (Lipinski definition) is 1. The summed E-state index contributed by atoms with van der Waals surface area (Å²) in [7, 11) is 0. The highest BCUT2D eigenvalue weighted by atomic mass is 16.6. The van der Waals surface area contributed by atoms with E-state index in [0.29, 0.717) is 0 Å². The SMILES string of the molecule is CC[C@@H](C)[C@H](O)[C@@H](C)C(=O)[C@@H](C)/C=C(\C)C[C@@H](C)[C@H]1OC(=O)[C@H]1C. The van der Waals surface area contributed by atoms with Gasteiger partial charge in [0.2, 0.25) is 0 Å². The zero-order chi connectivity index (χ0) is 18.6. The summed E-state index contributed by atoms with van der Waals surface area (Å²) in [6.07, 6.45) is 3.05. The maximum Gasteiger partial charge on any atom is 0.312 e. The maximum atomic E-state index is 12.5. The molecule has 4 nitrogen and oxygen atoms in total. The maximum absolute atomic E-state index is 12.5. The zero-order valence-electron chi connectivity index (χ0n) is 16.2. The summed E-state index contributed by atoms with van der Waals surface area (Å²) < 4.78 is 5.21. The number of ether oxygens (including phenoxy) is 1. The van der Waals surface area contributed by atoms with Crippen molar-refractivity contribution in [2.75, 3.05) is 0 Å². The molecule has 0 saturated carbocycles. The molecule has 1 rings (SSSR count). The van der Waals surface area contributed by atoms with Crippen molar-refractivity contribution in [2.24, 2.45) is 29.6 Å². The standard InChI is InChI=1S/C20H34O4/c1-8-12(3)17(21)15(6)18(22)13(4)9-11(2)10-14(5)19-16(7)20(23)24-19/h9,12-17,19,21H,8,10H2,1-7H3/b11-9+/t12-,13+,14-,15-,16+,17+,19-/m1/s1. The van der Waals surface area contributed by atoms with Crippen LogP contribution < -0.4 is 0 Å². The molecule has 1 heterocycles. The lowest BCUT2D eigenvalue weighted by atomic mass is 9.82. The van der Waals surface area contributed by atoms with Crippen LogP contribution in [0, 0.1) is 29.6 Å². The van der Waals surface area contributed by atoms with Gasteiger partial charge in [-0.15, -0.1) is 0 Å². The quantitative estimate of drug-likeness (QED) is 0.513. The van der Waals surface area contributed by atoms with E-state index in [1.54, 1.807) is 0 Å². The van der Waals surface area contributed by atoms with E-state index >= 15 is 0 Å². The first-order valence-electron chi connectivity index (χ1n) is 9.19. The number of Topliss-reactive ketones (excluding diaryl/α,β-unsaturated/α-hetero) is 1. The Morgan fingerprint density at radius 2 is 1.88 bits per heavy atom. The van der Waals surface area contributed by atoms with E-state index in [9.17, 15) is 14.7 Å². The van der Waals surface area contributed by atoms with Gasteiger partial charge >= 0.3 is 5.97 Å². The molecule has 0 aliphatic carbocycles. The minimum atomic E-state index is -0.590. The van der Waals surface area contributed by atoms with Crippen LogP contribution in [0.2, 0.25) is 0 Å². The van der Waals surface area contributed by atoms with E-state index in [4.69, 9.17) is 4.74 Å². The Morgan fingerprint density at radius 3 is 2.33 bits per heavy atom. The Balaban J connectivity index is 2.60. The molecule has 1 fully saturated rings. The smallest absolute Gasteiger partial charge is 0.312 e. The summed E-state index contributed by atoms with van der Waals surface area (Å²) in [5.74, 6) is -0.271. The van der Waals surface area contributed by atoms with Gasteiger partial charge < -0.3 is 9.84 Å². The number of allylic oxidation sites excluding steroid dienone is 2. The summed E-state index contributed by atoms with van der Waals surface area (Å²) in [6, 6.07) is 0. The van der Waals surface area contributed by atoms with Crippen LogP contribution in [-0.4, -0.2) is 29.1 Å². The van der Waals surface area contributed by atoms with E-state index in [1.807, 2.05) is 47.6 Å². The Kier molecular flexibility index (Phi) is 7.65. The van der Waals surface area contributed by atoms with Crippen molar-refractivity contribution in [1.29, 1.82) is 0 Å². The molecule has 4 heteroatoms. The number of aliphatic hydroxyl groups excluding tert-OH is 1. The van der Waals surface area contributed by atoms with Gasteiger partial charge in [-0.25, -0.2) is 0 Å². The first kappa shape index (κ1) is 20.9. The Bertz CT molecular complexity index is 482. The van der Waals surface area contributed by atoms with Crippen LogP contribution in [-0.2, 0) is 14.3 Å². The second kappa shape index (κ2) is 8.80. The molecule has 0 aromatic rings. The lowest BCUT2D eigenvalue weighted by molar-refractivity contribution is -0.188. The van der Waals surface area contributed by atoms with Crippen molar-refractivity contribution >= 4 is 11.8 Å². The number of cyclic esters (lactones) is 1. The van der Waals surface area contributed by atoms with Crippen LogP contribution in [0.15, 0.2) is 11.6 Å². The molecular formula is C20H34O4. The minimum Gasteiger partial charge on any atom is -0.461 e. The van der Waals surface area contributed by atoms with E-state index < -0.39 is 6.10 Å². The van der Waals surface area contributed by atoms with Crippen LogP contribution >= 0.6 is 0 Å². The van der Waals surface area contributed by atoms with Crippen LogP contribution in [0.3, 0.4) is 0 Å². The number of rotatable bonds is 9. The first-order chi connectivity index (χ1) is 11.1. The number of ketones is 1. The molecule has 0 spiro atoms. The third-order valence-corrected chi connectivity index (χ3v) is 5.49. The number of carbonyl (C=O) groups is 2. The predicted octanol–water partition coefficient (Wildman–Crippen LogP) is 3.77. The predicted molar refractivity (Wildman–Crippen MR) is 95.4 cm³/mol. The molecule has 0 radical (unpaired) electrons. The van der Waals surface area contributed by atoms with Crippen molar-refractivity contribution in [3.63, 3.8) is 0 Å². The van der Waals surface area contributed by atoms with Gasteiger partial charge in [0, 0.05) is 11.8 Å². The molecule has 138 valence electrons. The number of carbonyl (C=O) groups excluding carboxylic acids is 2. The van der Waals surface area contributed by atoms with Gasteiger partial charge in [0.15, 0.2) is 0 Å². The number of hydrogen-bond acceptors (Lipinski definition) is 4. The Morgan fingerprint density at radius 1 is 1.29 bits per heavy atom. The van der Waals surface area contributed by atoms with Crippen molar-refractivity contribution in [2.45, 2.75) is 73.5 Å². The van der Waals surface area contributed by atoms with Crippen molar-refractivity contribution in [3.8, 4) is 0 Å². The fourth-order valence-electron chi connectivity index (χ4n) is 3.53.